The van der Waals surface area contributed by atoms with Crippen LogP contribution in [0.2, 0.25) is 0 Å². The number of carbonyl (C=O) groups is 1. The van der Waals surface area contributed by atoms with Crippen molar-refractivity contribution in [1.29, 1.82) is 0 Å². The normalized spacial score (nSPS) is 10.4. The molecule has 3 nitrogen and oxygen atoms in total. The second-order valence-electron chi connectivity index (χ2n) is 3.67. The van der Waals surface area contributed by atoms with Crippen molar-refractivity contribution in [1.82, 2.24) is 9.55 Å². The highest BCUT2D eigenvalue weighted by atomic mass is 16.1. The van der Waals surface area contributed by atoms with Gasteiger partial charge >= 0.3 is 0 Å². The predicted octanol–water partition coefficient (Wildman–Crippen LogP) is 2.64. The van der Waals surface area contributed by atoms with Crippen LogP contribution in [-0.4, -0.2) is 15.3 Å². The van der Waals surface area contributed by atoms with Crippen LogP contribution in [0, 0.1) is 0 Å². The summed E-state index contributed by atoms with van der Waals surface area (Å²) in [4.78, 5) is 15.4. The largest absolute Gasteiger partial charge is 0.304 e. The monoisotopic (exact) mass is 214 g/mol. The maximum atomic E-state index is 11.1. The molecule has 0 atom stereocenters. The Morgan fingerprint density at radius 1 is 1.31 bits per heavy atom. The number of rotatable bonds is 3. The molecule has 82 valence electrons. The number of hydrogen-bond acceptors (Lipinski definition) is 2. The van der Waals surface area contributed by atoms with Crippen molar-refractivity contribution < 1.29 is 4.79 Å². The molecule has 0 aliphatic carbocycles. The quantitative estimate of drug-likeness (QED) is 0.736. The van der Waals surface area contributed by atoms with E-state index >= 15 is 0 Å². The Balaban J connectivity index is 2.38. The summed E-state index contributed by atoms with van der Waals surface area (Å²) in [5, 5.41) is 0. The number of carbonyl (C=O) groups excluding carboxylic acids is 1. The van der Waals surface area contributed by atoms with Crippen LogP contribution in [0.15, 0.2) is 36.7 Å². The van der Waals surface area contributed by atoms with Crippen LogP contribution in [0.25, 0.3) is 5.69 Å². The van der Waals surface area contributed by atoms with Crippen molar-refractivity contribution in [3.05, 3.63) is 48.0 Å². The van der Waals surface area contributed by atoms with E-state index in [4.69, 9.17) is 0 Å². The molecular weight excluding hydrogens is 200 g/mol. The number of nitrogens with zero attached hydrogens (tertiary/aromatic N) is 2. The summed E-state index contributed by atoms with van der Waals surface area (Å²) in [7, 11) is 0. The Labute approximate surface area is 94.7 Å². The van der Waals surface area contributed by atoms with Gasteiger partial charge < -0.3 is 4.57 Å². The molecule has 2 rings (SSSR count). The van der Waals surface area contributed by atoms with Gasteiger partial charge in [-0.05, 0) is 31.2 Å². The third-order valence-electron chi connectivity index (χ3n) is 2.59. The Morgan fingerprint density at radius 2 is 2.00 bits per heavy atom. The fourth-order valence-corrected chi connectivity index (χ4v) is 1.69. The third-order valence-corrected chi connectivity index (χ3v) is 2.59. The molecule has 0 amide bonds. The zero-order chi connectivity index (χ0) is 11.5. The fourth-order valence-electron chi connectivity index (χ4n) is 1.69. The van der Waals surface area contributed by atoms with Gasteiger partial charge in [0, 0.05) is 30.1 Å². The zero-order valence-electron chi connectivity index (χ0n) is 9.47. The van der Waals surface area contributed by atoms with Gasteiger partial charge in [-0.3, -0.25) is 4.79 Å². The SMILES string of the molecule is CCc1nccn1-c1ccc(C(C)=O)cc1. The average molecular weight is 214 g/mol. The van der Waals surface area contributed by atoms with E-state index in [1.807, 2.05) is 35.0 Å². The van der Waals surface area contributed by atoms with Gasteiger partial charge in [-0.1, -0.05) is 6.92 Å². The van der Waals surface area contributed by atoms with Crippen molar-refractivity contribution in [2.75, 3.05) is 0 Å². The lowest BCUT2D eigenvalue weighted by atomic mass is 10.1. The summed E-state index contributed by atoms with van der Waals surface area (Å²) in [5.74, 6) is 1.11. The van der Waals surface area contributed by atoms with Crippen molar-refractivity contribution in [3.63, 3.8) is 0 Å². The minimum atomic E-state index is 0.0906. The second-order valence-corrected chi connectivity index (χ2v) is 3.67. The predicted molar refractivity (Wildman–Crippen MR) is 62.9 cm³/mol. The molecule has 0 saturated heterocycles. The first-order chi connectivity index (χ1) is 7.72. The number of Topliss-reactive ketones (excluding diaryl/α,β-unsaturated/α-hetero) is 1. The average Bonchev–Trinajstić information content (AvgIpc) is 2.77. The highest BCUT2D eigenvalue weighted by Crippen LogP contribution is 2.12. The van der Waals surface area contributed by atoms with Crippen LogP contribution in [0.5, 0.6) is 0 Å². The second kappa shape index (κ2) is 4.31. The number of ketones is 1. The first-order valence-electron chi connectivity index (χ1n) is 5.36. The van der Waals surface area contributed by atoms with Gasteiger partial charge in [0.15, 0.2) is 5.78 Å². The highest BCUT2D eigenvalue weighted by Gasteiger charge is 2.03. The summed E-state index contributed by atoms with van der Waals surface area (Å²) in [6.45, 7) is 3.65. The maximum absolute atomic E-state index is 11.1. The van der Waals surface area contributed by atoms with E-state index < -0.39 is 0 Å². The smallest absolute Gasteiger partial charge is 0.159 e. The number of aromatic nitrogens is 2. The van der Waals surface area contributed by atoms with Crippen LogP contribution < -0.4 is 0 Å². The molecule has 0 aliphatic rings. The standard InChI is InChI=1S/C13H14N2O/c1-3-13-14-8-9-15(13)12-6-4-11(5-7-12)10(2)16/h4-9H,3H2,1-2H3. The van der Waals surface area contributed by atoms with E-state index in [1.54, 1.807) is 13.1 Å². The lowest BCUT2D eigenvalue weighted by Crippen LogP contribution is -1.99. The summed E-state index contributed by atoms with van der Waals surface area (Å²) >= 11 is 0. The van der Waals surface area contributed by atoms with Crippen molar-refractivity contribution >= 4 is 5.78 Å². The lowest BCUT2D eigenvalue weighted by Gasteiger charge is -2.06. The summed E-state index contributed by atoms with van der Waals surface area (Å²) in [6, 6.07) is 7.57. The molecule has 0 aliphatic heterocycles. The van der Waals surface area contributed by atoms with Crippen LogP contribution in [0.1, 0.15) is 30.0 Å². The van der Waals surface area contributed by atoms with Gasteiger partial charge in [-0.2, -0.15) is 0 Å². The number of benzene rings is 1. The van der Waals surface area contributed by atoms with Gasteiger partial charge in [-0.25, -0.2) is 4.98 Å². The van der Waals surface area contributed by atoms with E-state index in [-0.39, 0.29) is 5.78 Å². The van der Waals surface area contributed by atoms with E-state index in [2.05, 4.69) is 11.9 Å². The molecule has 0 spiro atoms. The first-order valence-corrected chi connectivity index (χ1v) is 5.36. The minimum Gasteiger partial charge on any atom is -0.304 e. The number of hydrogen-bond donors (Lipinski definition) is 0. The van der Waals surface area contributed by atoms with Crippen LogP contribution in [-0.2, 0) is 6.42 Å². The molecule has 0 N–H and O–H groups in total. The van der Waals surface area contributed by atoms with E-state index in [0.717, 1.165) is 23.5 Å². The molecule has 0 bridgehead atoms. The van der Waals surface area contributed by atoms with Gasteiger partial charge in [0.25, 0.3) is 0 Å². The molecule has 0 unspecified atom stereocenters. The van der Waals surface area contributed by atoms with Crippen molar-refractivity contribution in [3.8, 4) is 5.69 Å². The van der Waals surface area contributed by atoms with Crippen LogP contribution >= 0.6 is 0 Å². The molecule has 1 heterocycles. The molecule has 0 saturated carbocycles. The Bertz CT molecular complexity index is 497. The zero-order valence-corrected chi connectivity index (χ0v) is 9.47. The lowest BCUT2D eigenvalue weighted by molar-refractivity contribution is 0.101. The van der Waals surface area contributed by atoms with Gasteiger partial charge in [0.05, 0.1) is 0 Å². The number of aryl methyl sites for hydroxylation is 1. The van der Waals surface area contributed by atoms with E-state index in [9.17, 15) is 4.79 Å². The molecular formula is C13H14N2O. The molecule has 2 aromatic rings. The molecule has 16 heavy (non-hydrogen) atoms. The van der Waals surface area contributed by atoms with Crippen molar-refractivity contribution in [2.45, 2.75) is 20.3 Å². The van der Waals surface area contributed by atoms with Crippen LogP contribution in [0.3, 0.4) is 0 Å². The van der Waals surface area contributed by atoms with Gasteiger partial charge in [-0.15, -0.1) is 0 Å². The maximum Gasteiger partial charge on any atom is 0.159 e. The summed E-state index contributed by atoms with van der Waals surface area (Å²) in [5.41, 5.74) is 1.78. The number of imidazole rings is 1. The summed E-state index contributed by atoms with van der Waals surface area (Å²) in [6.07, 6.45) is 4.61. The molecule has 1 aromatic heterocycles. The Kier molecular flexibility index (Phi) is 2.86. The summed E-state index contributed by atoms with van der Waals surface area (Å²) < 4.78 is 2.03. The molecule has 0 radical (unpaired) electrons. The fraction of sp³-hybridized carbons (Fsp3) is 0.231. The highest BCUT2D eigenvalue weighted by molar-refractivity contribution is 5.94. The molecule has 0 fully saturated rings. The first kappa shape index (κ1) is 10.6. The van der Waals surface area contributed by atoms with E-state index in [0.29, 0.717) is 0 Å². The molecule has 1 aromatic carbocycles. The third kappa shape index (κ3) is 1.89. The Hall–Kier alpha value is -1.90. The van der Waals surface area contributed by atoms with Crippen molar-refractivity contribution in [2.24, 2.45) is 0 Å². The topological polar surface area (TPSA) is 34.9 Å². The molecule has 3 heteroatoms. The van der Waals surface area contributed by atoms with Gasteiger partial charge in [0.1, 0.15) is 5.82 Å². The van der Waals surface area contributed by atoms with Crippen LogP contribution in [0.4, 0.5) is 0 Å². The van der Waals surface area contributed by atoms with Gasteiger partial charge in [0.2, 0.25) is 0 Å². The van der Waals surface area contributed by atoms with E-state index in [1.165, 1.54) is 0 Å². The minimum absolute atomic E-state index is 0.0906. The Morgan fingerprint density at radius 3 is 2.56 bits per heavy atom.